The molecule has 1 aromatic heterocycles. The molecule has 10 heteroatoms. The highest BCUT2D eigenvalue weighted by molar-refractivity contribution is 7.89. The minimum Gasteiger partial charge on any atom is -0.306 e. The molecule has 8 nitrogen and oxygen atoms in total. The number of hydrogen-bond donors (Lipinski definition) is 0. The predicted octanol–water partition coefficient (Wildman–Crippen LogP) is 3.84. The Labute approximate surface area is 218 Å². The van der Waals surface area contributed by atoms with E-state index < -0.39 is 10.0 Å². The number of likely N-dealkylation sites (tertiary alicyclic amines) is 1. The van der Waals surface area contributed by atoms with Gasteiger partial charge in [0.25, 0.3) is 0 Å². The summed E-state index contributed by atoms with van der Waals surface area (Å²) in [5.74, 6) is 0.640. The van der Waals surface area contributed by atoms with Gasteiger partial charge in [0.05, 0.1) is 11.6 Å². The van der Waals surface area contributed by atoms with E-state index in [0.717, 1.165) is 50.0 Å². The molecule has 0 atom stereocenters. The number of aromatic nitrogens is 3. The van der Waals surface area contributed by atoms with E-state index in [1.165, 1.54) is 0 Å². The summed E-state index contributed by atoms with van der Waals surface area (Å²) in [6.45, 7) is 3.90. The van der Waals surface area contributed by atoms with Crippen molar-refractivity contribution < 1.29 is 8.42 Å². The molecule has 2 saturated heterocycles. The molecule has 0 amide bonds. The van der Waals surface area contributed by atoms with E-state index in [4.69, 9.17) is 17.3 Å². The van der Waals surface area contributed by atoms with E-state index in [1.807, 2.05) is 45.6 Å². The Hall–Kier alpha value is -2.37. The first-order chi connectivity index (χ1) is 17.3. The van der Waals surface area contributed by atoms with Crippen LogP contribution in [0.15, 0.2) is 59.5 Å². The molecule has 0 radical (unpaired) electrons. The first kappa shape index (κ1) is 25.3. The normalized spacial score (nSPS) is 18.3. The van der Waals surface area contributed by atoms with Crippen molar-refractivity contribution in [3.63, 3.8) is 0 Å². The lowest BCUT2D eigenvalue weighted by atomic mass is 10.0. The third kappa shape index (κ3) is 5.05. The van der Waals surface area contributed by atoms with Crippen LogP contribution in [0, 0.1) is 4.77 Å². The van der Waals surface area contributed by atoms with Crippen LogP contribution in [-0.4, -0.2) is 83.2 Å². The first-order valence-electron chi connectivity index (χ1n) is 12.6. The number of piperidine rings is 1. The van der Waals surface area contributed by atoms with Gasteiger partial charge in [-0.05, 0) is 89.4 Å². The largest absolute Gasteiger partial charge is 0.306 e. The van der Waals surface area contributed by atoms with Crippen LogP contribution in [0.25, 0.3) is 17.1 Å². The summed E-state index contributed by atoms with van der Waals surface area (Å²) in [6.07, 6.45) is 4.04. The molecule has 2 aromatic carbocycles. The number of benzene rings is 2. The average molecular weight is 527 g/mol. The standard InChI is InChI=1S/C26H34N6O2S2/c1-28-17-13-22(14-18-28)29(2)20-31-26(35)32(23-10-4-3-5-11-23)25(27-31)21-9-8-12-24(19-21)36(33,34)30-15-6-7-16-30/h3-5,8-12,19,22H,6-7,13-18,20H2,1-2H3. The van der Waals surface area contributed by atoms with Crippen molar-refractivity contribution >= 4 is 22.2 Å². The molecule has 192 valence electrons. The van der Waals surface area contributed by atoms with E-state index in [-0.39, 0.29) is 0 Å². The summed E-state index contributed by atoms with van der Waals surface area (Å²) in [6, 6.07) is 17.5. The SMILES string of the molecule is CN1CCC(N(C)Cn2nc(-c3cccc(S(=O)(=O)N4CCCC4)c3)n(-c3ccccc3)c2=S)CC1. The van der Waals surface area contributed by atoms with Gasteiger partial charge in [-0.1, -0.05) is 30.3 Å². The minimum absolute atomic E-state index is 0.297. The highest BCUT2D eigenvalue weighted by Crippen LogP contribution is 2.28. The average Bonchev–Trinajstić information content (AvgIpc) is 3.54. The van der Waals surface area contributed by atoms with Gasteiger partial charge in [0.2, 0.25) is 14.8 Å². The van der Waals surface area contributed by atoms with Crippen molar-refractivity contribution in [3.05, 3.63) is 59.4 Å². The highest BCUT2D eigenvalue weighted by atomic mass is 32.2. The smallest absolute Gasteiger partial charge is 0.243 e. The maximum Gasteiger partial charge on any atom is 0.243 e. The number of rotatable bonds is 7. The second kappa shape index (κ2) is 10.5. The Morgan fingerprint density at radius 2 is 1.69 bits per heavy atom. The Balaban J connectivity index is 1.53. The van der Waals surface area contributed by atoms with Crippen LogP contribution in [-0.2, 0) is 16.7 Å². The summed E-state index contributed by atoms with van der Waals surface area (Å²) in [5.41, 5.74) is 1.63. The fourth-order valence-corrected chi connectivity index (χ4v) is 6.99. The van der Waals surface area contributed by atoms with Gasteiger partial charge in [-0.2, -0.15) is 4.31 Å². The Kier molecular flexibility index (Phi) is 7.41. The maximum absolute atomic E-state index is 13.3. The van der Waals surface area contributed by atoms with Crippen molar-refractivity contribution in [1.29, 1.82) is 0 Å². The lowest BCUT2D eigenvalue weighted by molar-refractivity contribution is 0.113. The first-order valence-corrected chi connectivity index (χ1v) is 14.4. The Bertz CT molecular complexity index is 1350. The predicted molar refractivity (Wildman–Crippen MR) is 144 cm³/mol. The number of sulfonamides is 1. The monoisotopic (exact) mass is 526 g/mol. The summed E-state index contributed by atoms with van der Waals surface area (Å²) >= 11 is 5.93. The van der Waals surface area contributed by atoms with Crippen molar-refractivity contribution in [3.8, 4) is 17.1 Å². The van der Waals surface area contributed by atoms with Crippen LogP contribution >= 0.6 is 12.2 Å². The molecule has 0 saturated carbocycles. The number of nitrogens with zero attached hydrogens (tertiary/aromatic N) is 6. The topological polar surface area (TPSA) is 66.6 Å². The zero-order chi connectivity index (χ0) is 25.3. The Morgan fingerprint density at radius 3 is 2.39 bits per heavy atom. The van der Waals surface area contributed by atoms with Crippen molar-refractivity contribution in [2.45, 2.75) is 43.3 Å². The quantitative estimate of drug-likeness (QED) is 0.436. The minimum atomic E-state index is -3.54. The fourth-order valence-electron chi connectivity index (χ4n) is 5.13. The van der Waals surface area contributed by atoms with Crippen molar-refractivity contribution in [2.75, 3.05) is 40.3 Å². The molecule has 36 heavy (non-hydrogen) atoms. The molecule has 0 spiro atoms. The molecule has 3 heterocycles. The third-order valence-electron chi connectivity index (χ3n) is 7.32. The lowest BCUT2D eigenvalue weighted by Crippen LogP contribution is -2.42. The molecule has 2 aliphatic heterocycles. The molecule has 0 aliphatic carbocycles. The van der Waals surface area contributed by atoms with Crippen LogP contribution in [0.1, 0.15) is 25.7 Å². The summed E-state index contributed by atoms with van der Waals surface area (Å²) in [4.78, 5) is 4.98. The van der Waals surface area contributed by atoms with E-state index in [0.29, 0.717) is 41.3 Å². The van der Waals surface area contributed by atoms with Gasteiger partial charge in [0, 0.05) is 30.4 Å². The molecular formula is C26H34N6O2S2. The summed E-state index contributed by atoms with van der Waals surface area (Å²) < 4.78 is 32.5. The molecular weight excluding hydrogens is 492 g/mol. The Morgan fingerprint density at radius 1 is 1.00 bits per heavy atom. The van der Waals surface area contributed by atoms with Gasteiger partial charge in [-0.3, -0.25) is 9.47 Å². The maximum atomic E-state index is 13.3. The third-order valence-corrected chi connectivity index (χ3v) is 9.61. The zero-order valence-corrected chi connectivity index (χ0v) is 22.6. The second-order valence-electron chi connectivity index (χ2n) is 9.85. The van der Waals surface area contributed by atoms with Crippen LogP contribution in [0.4, 0.5) is 0 Å². The zero-order valence-electron chi connectivity index (χ0n) is 21.0. The molecule has 3 aromatic rings. The van der Waals surface area contributed by atoms with Crippen LogP contribution in [0.2, 0.25) is 0 Å². The van der Waals surface area contributed by atoms with Crippen LogP contribution in [0.3, 0.4) is 0 Å². The van der Waals surface area contributed by atoms with Crippen molar-refractivity contribution in [2.24, 2.45) is 0 Å². The van der Waals surface area contributed by atoms with E-state index >= 15 is 0 Å². The lowest BCUT2D eigenvalue weighted by Gasteiger charge is -2.34. The van der Waals surface area contributed by atoms with Gasteiger partial charge in [-0.15, -0.1) is 5.10 Å². The second-order valence-corrected chi connectivity index (χ2v) is 12.2. The van der Waals surface area contributed by atoms with Gasteiger partial charge in [0.1, 0.15) is 0 Å². The molecule has 5 rings (SSSR count). The molecule has 0 N–H and O–H groups in total. The van der Waals surface area contributed by atoms with Gasteiger partial charge < -0.3 is 4.90 Å². The summed E-state index contributed by atoms with van der Waals surface area (Å²) in [7, 11) is 0.755. The number of para-hydroxylation sites is 1. The highest BCUT2D eigenvalue weighted by Gasteiger charge is 2.28. The molecule has 2 aliphatic rings. The van der Waals surface area contributed by atoms with Crippen molar-refractivity contribution in [1.82, 2.24) is 28.5 Å². The van der Waals surface area contributed by atoms with E-state index in [1.54, 1.807) is 22.5 Å². The van der Waals surface area contributed by atoms with Gasteiger partial charge in [-0.25, -0.2) is 13.1 Å². The molecule has 0 unspecified atom stereocenters. The van der Waals surface area contributed by atoms with E-state index in [9.17, 15) is 8.42 Å². The van der Waals surface area contributed by atoms with Gasteiger partial charge >= 0.3 is 0 Å². The molecule has 0 bridgehead atoms. The summed E-state index contributed by atoms with van der Waals surface area (Å²) in [5, 5.41) is 4.94. The fraction of sp³-hybridized carbons (Fsp3) is 0.462. The van der Waals surface area contributed by atoms with Crippen LogP contribution in [0.5, 0.6) is 0 Å². The van der Waals surface area contributed by atoms with Gasteiger partial charge in [0.15, 0.2) is 5.82 Å². The number of hydrogen-bond acceptors (Lipinski definition) is 6. The van der Waals surface area contributed by atoms with E-state index in [2.05, 4.69) is 23.9 Å². The molecule has 2 fully saturated rings. The van der Waals surface area contributed by atoms with Crippen LogP contribution < -0.4 is 0 Å².